The van der Waals surface area contributed by atoms with Crippen molar-refractivity contribution in [2.45, 2.75) is 13.0 Å². The SMILES string of the molecule is CCNC(c1ccc(F)cc1Cl)c1cccc(Cl)c1Cl. The van der Waals surface area contributed by atoms with Gasteiger partial charge in [-0.3, -0.25) is 0 Å². The molecule has 0 aromatic heterocycles. The topological polar surface area (TPSA) is 12.0 Å². The first-order chi connectivity index (χ1) is 9.54. The number of halogens is 4. The lowest BCUT2D eigenvalue weighted by Gasteiger charge is -2.21. The highest BCUT2D eigenvalue weighted by molar-refractivity contribution is 6.42. The highest BCUT2D eigenvalue weighted by Gasteiger charge is 2.20. The van der Waals surface area contributed by atoms with Gasteiger partial charge in [-0.05, 0) is 35.9 Å². The summed E-state index contributed by atoms with van der Waals surface area (Å²) in [5, 5.41) is 4.60. The summed E-state index contributed by atoms with van der Waals surface area (Å²) in [6, 6.07) is 9.51. The summed E-state index contributed by atoms with van der Waals surface area (Å²) >= 11 is 18.5. The summed E-state index contributed by atoms with van der Waals surface area (Å²) in [6.45, 7) is 2.68. The number of hydrogen-bond donors (Lipinski definition) is 1. The minimum atomic E-state index is -0.369. The molecule has 0 saturated carbocycles. The van der Waals surface area contributed by atoms with Gasteiger partial charge in [0, 0.05) is 5.02 Å². The van der Waals surface area contributed by atoms with Crippen molar-refractivity contribution in [2.24, 2.45) is 0 Å². The van der Waals surface area contributed by atoms with Gasteiger partial charge in [0.15, 0.2) is 0 Å². The number of rotatable bonds is 4. The Hall–Kier alpha value is -0.800. The van der Waals surface area contributed by atoms with Crippen LogP contribution in [0.1, 0.15) is 24.1 Å². The molecule has 5 heteroatoms. The van der Waals surface area contributed by atoms with E-state index in [9.17, 15) is 4.39 Å². The Morgan fingerprint density at radius 1 is 1.05 bits per heavy atom. The average molecular weight is 333 g/mol. The van der Waals surface area contributed by atoms with Crippen LogP contribution in [0.25, 0.3) is 0 Å². The molecule has 2 aromatic rings. The summed E-state index contributed by atoms with van der Waals surface area (Å²) in [5.74, 6) is -0.369. The van der Waals surface area contributed by atoms with Crippen LogP contribution in [0.5, 0.6) is 0 Å². The molecule has 0 heterocycles. The smallest absolute Gasteiger partial charge is 0.124 e. The van der Waals surface area contributed by atoms with Crippen molar-refractivity contribution < 1.29 is 4.39 Å². The molecule has 1 unspecified atom stereocenters. The first-order valence-corrected chi connectivity index (χ1v) is 7.30. The lowest BCUT2D eigenvalue weighted by Crippen LogP contribution is -2.22. The third-order valence-electron chi connectivity index (χ3n) is 2.97. The summed E-state index contributed by atoms with van der Waals surface area (Å²) < 4.78 is 13.2. The molecule has 0 spiro atoms. The highest BCUT2D eigenvalue weighted by atomic mass is 35.5. The highest BCUT2D eigenvalue weighted by Crippen LogP contribution is 2.35. The maximum atomic E-state index is 13.2. The predicted molar refractivity (Wildman–Crippen MR) is 83.4 cm³/mol. The molecule has 2 rings (SSSR count). The summed E-state index contributed by atoms with van der Waals surface area (Å²) in [4.78, 5) is 0. The molecule has 0 fully saturated rings. The van der Waals surface area contributed by atoms with E-state index >= 15 is 0 Å². The van der Waals surface area contributed by atoms with E-state index in [0.29, 0.717) is 21.6 Å². The molecule has 0 amide bonds. The monoisotopic (exact) mass is 331 g/mol. The molecular formula is C15H13Cl3FN. The van der Waals surface area contributed by atoms with Crippen molar-refractivity contribution in [2.75, 3.05) is 6.54 Å². The molecule has 0 aliphatic heterocycles. The van der Waals surface area contributed by atoms with Crippen LogP contribution in [-0.4, -0.2) is 6.54 Å². The largest absolute Gasteiger partial charge is 0.306 e. The van der Waals surface area contributed by atoms with Gasteiger partial charge < -0.3 is 5.32 Å². The summed E-state index contributed by atoms with van der Waals surface area (Å²) in [5.41, 5.74) is 1.58. The van der Waals surface area contributed by atoms with Crippen LogP contribution in [-0.2, 0) is 0 Å². The normalized spacial score (nSPS) is 12.4. The standard InChI is InChI=1S/C15H13Cl3FN/c1-2-20-15(10-7-6-9(19)8-13(10)17)11-4-3-5-12(16)14(11)18/h3-8,15,20H,2H2,1H3. The van der Waals surface area contributed by atoms with E-state index in [1.807, 2.05) is 19.1 Å². The van der Waals surface area contributed by atoms with E-state index in [2.05, 4.69) is 5.32 Å². The zero-order valence-corrected chi connectivity index (χ0v) is 13.0. The fourth-order valence-electron chi connectivity index (χ4n) is 2.07. The van der Waals surface area contributed by atoms with E-state index in [0.717, 1.165) is 11.1 Å². The van der Waals surface area contributed by atoms with Crippen LogP contribution in [0.3, 0.4) is 0 Å². The quantitative estimate of drug-likeness (QED) is 0.781. The van der Waals surface area contributed by atoms with Gasteiger partial charge in [-0.15, -0.1) is 0 Å². The molecule has 0 saturated heterocycles. The minimum Gasteiger partial charge on any atom is -0.306 e. The third-order valence-corrected chi connectivity index (χ3v) is 4.14. The molecule has 0 bridgehead atoms. The fourth-order valence-corrected chi connectivity index (χ4v) is 2.76. The number of benzene rings is 2. The van der Waals surface area contributed by atoms with Crippen LogP contribution in [0.2, 0.25) is 15.1 Å². The molecule has 1 N–H and O–H groups in total. The van der Waals surface area contributed by atoms with Crippen molar-refractivity contribution in [3.05, 3.63) is 68.4 Å². The van der Waals surface area contributed by atoms with E-state index < -0.39 is 0 Å². The minimum absolute atomic E-state index is 0.237. The zero-order valence-electron chi connectivity index (χ0n) is 10.8. The van der Waals surface area contributed by atoms with Crippen LogP contribution in [0.15, 0.2) is 36.4 Å². The van der Waals surface area contributed by atoms with Gasteiger partial charge >= 0.3 is 0 Å². The summed E-state index contributed by atoms with van der Waals surface area (Å²) in [7, 11) is 0. The zero-order chi connectivity index (χ0) is 14.7. The lowest BCUT2D eigenvalue weighted by atomic mass is 9.98. The van der Waals surface area contributed by atoms with Gasteiger partial charge in [-0.25, -0.2) is 4.39 Å². The van der Waals surface area contributed by atoms with Gasteiger partial charge in [0.2, 0.25) is 0 Å². The van der Waals surface area contributed by atoms with E-state index in [-0.39, 0.29) is 11.9 Å². The van der Waals surface area contributed by atoms with E-state index in [1.54, 1.807) is 12.1 Å². The number of nitrogens with one attached hydrogen (secondary N) is 1. The van der Waals surface area contributed by atoms with Crippen molar-refractivity contribution in [3.63, 3.8) is 0 Å². The second-order valence-corrected chi connectivity index (χ2v) is 5.49. The Morgan fingerprint density at radius 2 is 1.80 bits per heavy atom. The van der Waals surface area contributed by atoms with Gasteiger partial charge in [-0.2, -0.15) is 0 Å². The third kappa shape index (κ3) is 3.26. The maximum absolute atomic E-state index is 13.2. The first-order valence-electron chi connectivity index (χ1n) is 6.16. The first kappa shape index (κ1) is 15.6. The Bertz CT molecular complexity index is 616. The maximum Gasteiger partial charge on any atom is 0.124 e. The van der Waals surface area contributed by atoms with Crippen LogP contribution >= 0.6 is 34.8 Å². The van der Waals surface area contributed by atoms with Crippen LogP contribution < -0.4 is 5.32 Å². The molecule has 1 nitrogen and oxygen atoms in total. The molecule has 1 atom stereocenters. The van der Waals surface area contributed by atoms with Gasteiger partial charge in [0.25, 0.3) is 0 Å². The number of hydrogen-bond acceptors (Lipinski definition) is 1. The molecule has 0 aliphatic carbocycles. The average Bonchev–Trinajstić information content (AvgIpc) is 2.40. The second-order valence-electron chi connectivity index (χ2n) is 4.30. The summed E-state index contributed by atoms with van der Waals surface area (Å²) in [6.07, 6.45) is 0. The van der Waals surface area contributed by atoms with Gasteiger partial charge in [0.05, 0.1) is 16.1 Å². The van der Waals surface area contributed by atoms with Crippen LogP contribution in [0, 0.1) is 5.82 Å². The van der Waals surface area contributed by atoms with Crippen molar-refractivity contribution in [1.82, 2.24) is 5.32 Å². The molecule has 2 aromatic carbocycles. The van der Waals surface area contributed by atoms with E-state index in [1.165, 1.54) is 12.1 Å². The van der Waals surface area contributed by atoms with E-state index in [4.69, 9.17) is 34.8 Å². The molecule has 0 aliphatic rings. The predicted octanol–water partition coefficient (Wildman–Crippen LogP) is 5.48. The molecule has 20 heavy (non-hydrogen) atoms. The van der Waals surface area contributed by atoms with Crippen molar-refractivity contribution in [1.29, 1.82) is 0 Å². The fraction of sp³-hybridized carbons (Fsp3) is 0.200. The molecule has 0 radical (unpaired) electrons. The van der Waals surface area contributed by atoms with Crippen LogP contribution in [0.4, 0.5) is 4.39 Å². The lowest BCUT2D eigenvalue weighted by molar-refractivity contribution is 0.614. The van der Waals surface area contributed by atoms with Gasteiger partial charge in [0.1, 0.15) is 5.82 Å². The molecular weight excluding hydrogens is 320 g/mol. The Kier molecular flexibility index (Phi) is 5.28. The molecule has 106 valence electrons. The second kappa shape index (κ2) is 6.77. The Morgan fingerprint density at radius 3 is 2.45 bits per heavy atom. The van der Waals surface area contributed by atoms with Crippen molar-refractivity contribution >= 4 is 34.8 Å². The Labute approximate surface area is 132 Å². The van der Waals surface area contributed by atoms with Gasteiger partial charge in [-0.1, -0.05) is 59.9 Å². The Balaban J connectivity index is 2.53. The van der Waals surface area contributed by atoms with Crippen molar-refractivity contribution in [3.8, 4) is 0 Å².